The lowest BCUT2D eigenvalue weighted by Crippen LogP contribution is -2.18. The van der Waals surface area contributed by atoms with Crippen molar-refractivity contribution in [2.45, 2.75) is 19.5 Å². The Morgan fingerprint density at radius 1 is 1.05 bits per heavy atom. The molecule has 2 aromatic carbocycles. The van der Waals surface area contributed by atoms with Gasteiger partial charge < -0.3 is 5.32 Å². The first-order chi connectivity index (χ1) is 9.06. The van der Waals surface area contributed by atoms with Crippen LogP contribution in [0, 0.1) is 11.6 Å². The van der Waals surface area contributed by atoms with Crippen molar-refractivity contribution in [2.24, 2.45) is 0 Å². The lowest BCUT2D eigenvalue weighted by molar-refractivity contribution is 0.500. The van der Waals surface area contributed by atoms with E-state index >= 15 is 0 Å². The van der Waals surface area contributed by atoms with E-state index in [2.05, 4.69) is 21.2 Å². The van der Waals surface area contributed by atoms with Crippen molar-refractivity contribution in [1.29, 1.82) is 0 Å². The van der Waals surface area contributed by atoms with E-state index in [1.165, 1.54) is 6.07 Å². The molecule has 0 amide bonds. The minimum Gasteiger partial charge on any atom is -0.306 e. The first-order valence-electron chi connectivity index (χ1n) is 5.99. The first-order valence-corrected chi connectivity index (χ1v) is 6.78. The van der Waals surface area contributed by atoms with Crippen molar-refractivity contribution in [3.05, 3.63) is 69.7 Å². The van der Waals surface area contributed by atoms with Crippen LogP contribution in [-0.4, -0.2) is 0 Å². The summed E-state index contributed by atoms with van der Waals surface area (Å²) < 4.78 is 27.0. The average molecular weight is 326 g/mol. The molecule has 0 aliphatic rings. The molecule has 1 atom stereocenters. The molecule has 0 aliphatic carbocycles. The molecule has 0 heterocycles. The van der Waals surface area contributed by atoms with E-state index in [0.717, 1.165) is 21.7 Å². The summed E-state index contributed by atoms with van der Waals surface area (Å²) in [6, 6.07) is 11.9. The Kier molecular flexibility index (Phi) is 4.66. The van der Waals surface area contributed by atoms with E-state index in [4.69, 9.17) is 0 Å². The molecule has 0 spiro atoms. The first kappa shape index (κ1) is 14.2. The molecule has 0 bridgehead atoms. The quantitative estimate of drug-likeness (QED) is 0.867. The molecule has 2 aromatic rings. The third kappa shape index (κ3) is 3.85. The van der Waals surface area contributed by atoms with Crippen molar-refractivity contribution >= 4 is 15.9 Å². The molecule has 1 unspecified atom stereocenters. The van der Waals surface area contributed by atoms with Crippen LogP contribution >= 0.6 is 15.9 Å². The summed E-state index contributed by atoms with van der Waals surface area (Å²) >= 11 is 3.38. The number of nitrogens with one attached hydrogen (secondary N) is 1. The van der Waals surface area contributed by atoms with Crippen LogP contribution in [0.2, 0.25) is 0 Å². The second-order valence-electron chi connectivity index (χ2n) is 4.40. The highest BCUT2D eigenvalue weighted by molar-refractivity contribution is 9.10. The molecule has 0 saturated carbocycles. The van der Waals surface area contributed by atoms with E-state index in [-0.39, 0.29) is 6.04 Å². The zero-order chi connectivity index (χ0) is 13.8. The summed E-state index contributed by atoms with van der Waals surface area (Å²) in [5.41, 5.74) is 1.87. The Morgan fingerprint density at radius 3 is 2.37 bits per heavy atom. The van der Waals surface area contributed by atoms with Gasteiger partial charge in [0, 0.05) is 17.1 Å². The predicted molar refractivity (Wildman–Crippen MR) is 75.8 cm³/mol. The van der Waals surface area contributed by atoms with Gasteiger partial charge in [-0.1, -0.05) is 34.1 Å². The Labute approximate surface area is 119 Å². The van der Waals surface area contributed by atoms with Crippen LogP contribution in [0.1, 0.15) is 24.1 Å². The van der Waals surface area contributed by atoms with Gasteiger partial charge in [0.1, 0.15) is 0 Å². The number of hydrogen-bond acceptors (Lipinski definition) is 1. The summed E-state index contributed by atoms with van der Waals surface area (Å²) in [7, 11) is 0. The largest absolute Gasteiger partial charge is 0.306 e. The molecule has 1 nitrogen and oxygen atoms in total. The maximum Gasteiger partial charge on any atom is 0.159 e. The normalized spacial score (nSPS) is 12.4. The molecule has 19 heavy (non-hydrogen) atoms. The maximum atomic E-state index is 13.1. The second-order valence-corrected chi connectivity index (χ2v) is 5.32. The van der Waals surface area contributed by atoms with Crippen LogP contribution in [-0.2, 0) is 6.54 Å². The van der Waals surface area contributed by atoms with Crippen molar-refractivity contribution < 1.29 is 8.78 Å². The van der Waals surface area contributed by atoms with Gasteiger partial charge in [0.15, 0.2) is 11.6 Å². The van der Waals surface area contributed by atoms with Gasteiger partial charge in [-0.25, -0.2) is 8.78 Å². The van der Waals surface area contributed by atoms with Crippen LogP contribution in [0.25, 0.3) is 0 Å². The summed E-state index contributed by atoms with van der Waals surface area (Å²) in [4.78, 5) is 0. The second kappa shape index (κ2) is 6.26. The van der Waals surface area contributed by atoms with Crippen molar-refractivity contribution in [2.75, 3.05) is 0 Å². The zero-order valence-corrected chi connectivity index (χ0v) is 12.0. The third-order valence-corrected chi connectivity index (χ3v) is 3.50. The summed E-state index contributed by atoms with van der Waals surface area (Å²) in [6.45, 7) is 2.60. The van der Waals surface area contributed by atoms with Crippen LogP contribution in [0.5, 0.6) is 0 Å². The van der Waals surface area contributed by atoms with Gasteiger partial charge in [0.05, 0.1) is 0 Å². The number of rotatable bonds is 4. The fourth-order valence-electron chi connectivity index (χ4n) is 1.77. The van der Waals surface area contributed by atoms with Crippen LogP contribution in [0.4, 0.5) is 8.78 Å². The standard InChI is InChI=1S/C15H14BrF2N/c1-10(12-4-7-14(17)15(18)8-12)19-9-11-2-5-13(16)6-3-11/h2-8,10,19H,9H2,1H3. The highest BCUT2D eigenvalue weighted by atomic mass is 79.9. The Bertz CT molecular complexity index is 555. The smallest absolute Gasteiger partial charge is 0.159 e. The summed E-state index contributed by atoms with van der Waals surface area (Å²) in [5, 5.41) is 3.28. The minimum absolute atomic E-state index is 0.0428. The lowest BCUT2D eigenvalue weighted by Gasteiger charge is -2.14. The Hall–Kier alpha value is -1.26. The van der Waals surface area contributed by atoms with Gasteiger partial charge >= 0.3 is 0 Å². The predicted octanol–water partition coefficient (Wildman–Crippen LogP) is 4.58. The number of hydrogen-bond donors (Lipinski definition) is 1. The third-order valence-electron chi connectivity index (χ3n) is 2.97. The monoisotopic (exact) mass is 325 g/mol. The number of benzene rings is 2. The molecular formula is C15H14BrF2N. The molecule has 0 saturated heterocycles. The van der Waals surface area contributed by atoms with Gasteiger partial charge in [-0.3, -0.25) is 0 Å². The molecule has 1 N–H and O–H groups in total. The van der Waals surface area contributed by atoms with E-state index in [1.54, 1.807) is 6.07 Å². The van der Waals surface area contributed by atoms with Crippen LogP contribution in [0.3, 0.4) is 0 Å². The van der Waals surface area contributed by atoms with E-state index in [9.17, 15) is 8.78 Å². The molecule has 4 heteroatoms. The van der Waals surface area contributed by atoms with Crippen molar-refractivity contribution in [3.63, 3.8) is 0 Å². The van der Waals surface area contributed by atoms with E-state index in [1.807, 2.05) is 31.2 Å². The van der Waals surface area contributed by atoms with Gasteiger partial charge in [-0.2, -0.15) is 0 Å². The van der Waals surface area contributed by atoms with Gasteiger partial charge in [0.25, 0.3) is 0 Å². The van der Waals surface area contributed by atoms with Crippen molar-refractivity contribution in [1.82, 2.24) is 5.32 Å². The van der Waals surface area contributed by atoms with Gasteiger partial charge in [0.2, 0.25) is 0 Å². The van der Waals surface area contributed by atoms with E-state index < -0.39 is 11.6 Å². The van der Waals surface area contributed by atoms with Crippen molar-refractivity contribution in [3.8, 4) is 0 Å². The number of halogens is 3. The molecule has 0 aliphatic heterocycles. The van der Waals surface area contributed by atoms with Gasteiger partial charge in [-0.05, 0) is 42.3 Å². The fourth-order valence-corrected chi connectivity index (χ4v) is 2.04. The maximum absolute atomic E-state index is 13.1. The van der Waals surface area contributed by atoms with E-state index in [0.29, 0.717) is 6.54 Å². The highest BCUT2D eigenvalue weighted by Crippen LogP contribution is 2.17. The molecule has 0 radical (unpaired) electrons. The lowest BCUT2D eigenvalue weighted by atomic mass is 10.1. The Morgan fingerprint density at radius 2 is 1.74 bits per heavy atom. The van der Waals surface area contributed by atoms with Gasteiger partial charge in [-0.15, -0.1) is 0 Å². The zero-order valence-electron chi connectivity index (χ0n) is 10.5. The van der Waals surface area contributed by atoms with Crippen LogP contribution in [0.15, 0.2) is 46.9 Å². The molecule has 0 aromatic heterocycles. The Balaban J connectivity index is 1.98. The highest BCUT2D eigenvalue weighted by Gasteiger charge is 2.08. The fraction of sp³-hybridized carbons (Fsp3) is 0.200. The summed E-state index contributed by atoms with van der Waals surface area (Å²) in [5.74, 6) is -1.63. The minimum atomic E-state index is -0.816. The molecule has 0 fully saturated rings. The molecule has 100 valence electrons. The average Bonchev–Trinajstić information content (AvgIpc) is 2.41. The molecular weight excluding hydrogens is 312 g/mol. The molecule has 2 rings (SSSR count). The topological polar surface area (TPSA) is 12.0 Å². The SMILES string of the molecule is CC(NCc1ccc(Br)cc1)c1ccc(F)c(F)c1. The van der Waals surface area contributed by atoms with Crippen LogP contribution < -0.4 is 5.32 Å². The summed E-state index contributed by atoms with van der Waals surface area (Å²) in [6.07, 6.45) is 0.